The number of hydrogen-bond acceptors (Lipinski definition) is 5. The lowest BCUT2D eigenvalue weighted by Gasteiger charge is -2.12. The van der Waals surface area contributed by atoms with E-state index in [2.05, 4.69) is 10.3 Å². The van der Waals surface area contributed by atoms with E-state index in [0.717, 1.165) is 12.8 Å². The minimum atomic E-state index is -0.481. The van der Waals surface area contributed by atoms with Crippen LogP contribution >= 0.6 is 0 Å². The topological polar surface area (TPSA) is 102 Å². The Morgan fingerprint density at radius 3 is 2.65 bits per heavy atom. The number of H-pyrrole nitrogens is 1. The van der Waals surface area contributed by atoms with Gasteiger partial charge in [0.2, 0.25) is 0 Å². The van der Waals surface area contributed by atoms with Gasteiger partial charge < -0.3 is 15.8 Å². The van der Waals surface area contributed by atoms with Crippen molar-refractivity contribution in [3.8, 4) is 0 Å². The van der Waals surface area contributed by atoms with Gasteiger partial charge in [-0.05, 0) is 33.6 Å². The van der Waals surface area contributed by atoms with Crippen LogP contribution in [0.15, 0.2) is 9.59 Å². The second kappa shape index (κ2) is 7.74. The predicted molar refractivity (Wildman–Crippen MR) is 80.2 cm³/mol. The van der Waals surface area contributed by atoms with Crippen LogP contribution in [0, 0.1) is 0 Å². The highest BCUT2D eigenvalue weighted by atomic mass is 16.5. The van der Waals surface area contributed by atoms with E-state index in [-0.39, 0.29) is 17.6 Å². The first-order valence-corrected chi connectivity index (χ1v) is 6.95. The third kappa shape index (κ3) is 4.41. The van der Waals surface area contributed by atoms with E-state index in [4.69, 9.17) is 10.5 Å². The summed E-state index contributed by atoms with van der Waals surface area (Å²) >= 11 is 0. The SMILES string of the molecule is CCn1c(N)c(NCCCCOC(C)C)c(=O)[nH]c1=O. The Balaban J connectivity index is 2.56. The van der Waals surface area contributed by atoms with Crippen molar-refractivity contribution in [3.63, 3.8) is 0 Å². The number of aromatic amines is 1. The van der Waals surface area contributed by atoms with Crippen molar-refractivity contribution in [3.05, 3.63) is 20.8 Å². The Morgan fingerprint density at radius 1 is 1.35 bits per heavy atom. The molecule has 0 aliphatic heterocycles. The van der Waals surface area contributed by atoms with Crippen molar-refractivity contribution in [2.75, 3.05) is 24.2 Å². The van der Waals surface area contributed by atoms with E-state index in [9.17, 15) is 9.59 Å². The number of nitrogens with two attached hydrogens (primary N) is 1. The number of hydrogen-bond donors (Lipinski definition) is 3. The summed E-state index contributed by atoms with van der Waals surface area (Å²) in [5.41, 5.74) is 5.14. The van der Waals surface area contributed by atoms with Crippen molar-refractivity contribution in [1.29, 1.82) is 0 Å². The molecule has 0 saturated carbocycles. The maximum atomic E-state index is 11.7. The van der Waals surface area contributed by atoms with Gasteiger partial charge in [0, 0.05) is 19.7 Å². The number of anilines is 2. The highest BCUT2D eigenvalue weighted by molar-refractivity contribution is 5.60. The molecule has 0 spiro atoms. The standard InChI is InChI=1S/C13H24N4O3/c1-4-17-11(14)10(12(18)16-13(17)19)15-7-5-6-8-20-9(2)3/h9,15H,4-8,14H2,1-3H3,(H,16,18,19). The van der Waals surface area contributed by atoms with Crippen LogP contribution in [0.5, 0.6) is 0 Å². The molecule has 1 aromatic rings. The molecule has 0 aliphatic carbocycles. The van der Waals surface area contributed by atoms with Crippen LogP contribution in [-0.4, -0.2) is 28.8 Å². The molecule has 0 saturated heterocycles. The van der Waals surface area contributed by atoms with Gasteiger partial charge in [0.1, 0.15) is 11.5 Å². The fourth-order valence-electron chi connectivity index (χ4n) is 1.83. The zero-order valence-corrected chi connectivity index (χ0v) is 12.4. The smallest absolute Gasteiger partial charge is 0.330 e. The zero-order chi connectivity index (χ0) is 15.1. The summed E-state index contributed by atoms with van der Waals surface area (Å²) in [6.07, 6.45) is 1.99. The van der Waals surface area contributed by atoms with E-state index >= 15 is 0 Å². The van der Waals surface area contributed by atoms with E-state index in [0.29, 0.717) is 19.7 Å². The molecule has 0 aromatic carbocycles. The van der Waals surface area contributed by atoms with Gasteiger partial charge in [-0.25, -0.2) is 4.79 Å². The number of ether oxygens (including phenoxy) is 1. The van der Waals surface area contributed by atoms with Crippen LogP contribution in [0.4, 0.5) is 11.5 Å². The van der Waals surface area contributed by atoms with Gasteiger partial charge in [0.25, 0.3) is 5.56 Å². The zero-order valence-electron chi connectivity index (χ0n) is 12.4. The van der Waals surface area contributed by atoms with Gasteiger partial charge in [-0.2, -0.15) is 0 Å². The first-order chi connectivity index (χ1) is 9.47. The van der Waals surface area contributed by atoms with Crippen molar-refractivity contribution in [1.82, 2.24) is 9.55 Å². The summed E-state index contributed by atoms with van der Waals surface area (Å²) in [6, 6.07) is 0. The molecule has 1 rings (SSSR count). The van der Waals surface area contributed by atoms with Gasteiger partial charge in [-0.15, -0.1) is 0 Å². The first-order valence-electron chi connectivity index (χ1n) is 6.95. The second-order valence-corrected chi connectivity index (χ2v) is 4.82. The predicted octanol–water partition coefficient (Wildman–Crippen LogP) is 0.756. The quantitative estimate of drug-likeness (QED) is 0.612. The molecule has 0 aliphatic rings. The first kappa shape index (κ1) is 16.3. The number of nitrogen functional groups attached to an aromatic ring is 1. The van der Waals surface area contributed by atoms with Crippen LogP contribution in [0.1, 0.15) is 33.6 Å². The van der Waals surface area contributed by atoms with Gasteiger partial charge in [-0.1, -0.05) is 0 Å². The highest BCUT2D eigenvalue weighted by Gasteiger charge is 2.10. The number of unbranched alkanes of at least 4 members (excludes halogenated alkanes) is 1. The molecule has 7 heteroatoms. The number of rotatable bonds is 8. The van der Waals surface area contributed by atoms with Gasteiger partial charge in [0.05, 0.1) is 6.10 Å². The summed E-state index contributed by atoms with van der Waals surface area (Å²) in [7, 11) is 0. The van der Waals surface area contributed by atoms with Gasteiger partial charge in [-0.3, -0.25) is 14.3 Å². The average molecular weight is 284 g/mol. The van der Waals surface area contributed by atoms with Crippen molar-refractivity contribution < 1.29 is 4.74 Å². The number of nitrogens with zero attached hydrogens (tertiary/aromatic N) is 1. The fourth-order valence-corrected chi connectivity index (χ4v) is 1.83. The van der Waals surface area contributed by atoms with Crippen LogP contribution in [0.2, 0.25) is 0 Å². The Bertz CT molecular complexity index is 533. The molecule has 0 atom stereocenters. The molecule has 0 unspecified atom stereocenters. The Kier molecular flexibility index (Phi) is 6.30. The molecule has 20 heavy (non-hydrogen) atoms. The van der Waals surface area contributed by atoms with Crippen LogP contribution in [-0.2, 0) is 11.3 Å². The monoisotopic (exact) mass is 284 g/mol. The normalized spacial score (nSPS) is 11.0. The molecular weight excluding hydrogens is 260 g/mol. The number of aromatic nitrogens is 2. The van der Waals surface area contributed by atoms with Gasteiger partial charge >= 0.3 is 5.69 Å². The number of nitrogens with one attached hydrogen (secondary N) is 2. The minimum absolute atomic E-state index is 0.180. The summed E-state index contributed by atoms with van der Waals surface area (Å²) < 4.78 is 6.75. The van der Waals surface area contributed by atoms with Crippen LogP contribution in [0.3, 0.4) is 0 Å². The molecule has 0 bridgehead atoms. The molecule has 4 N–H and O–H groups in total. The van der Waals surface area contributed by atoms with E-state index < -0.39 is 11.2 Å². The Morgan fingerprint density at radius 2 is 2.05 bits per heavy atom. The summed E-state index contributed by atoms with van der Waals surface area (Å²) in [5.74, 6) is 0.180. The largest absolute Gasteiger partial charge is 0.383 e. The van der Waals surface area contributed by atoms with Crippen molar-refractivity contribution >= 4 is 11.5 Å². The fraction of sp³-hybridized carbons (Fsp3) is 0.692. The Hall–Kier alpha value is -1.76. The Labute approximate surface area is 118 Å². The van der Waals surface area contributed by atoms with Gasteiger partial charge in [0.15, 0.2) is 0 Å². The van der Waals surface area contributed by atoms with Crippen molar-refractivity contribution in [2.45, 2.75) is 46.3 Å². The lowest BCUT2D eigenvalue weighted by atomic mass is 10.3. The lowest BCUT2D eigenvalue weighted by molar-refractivity contribution is 0.0765. The summed E-state index contributed by atoms with van der Waals surface area (Å²) in [4.78, 5) is 25.5. The van der Waals surface area contributed by atoms with E-state index in [1.165, 1.54) is 4.57 Å². The molecule has 0 amide bonds. The van der Waals surface area contributed by atoms with Crippen LogP contribution < -0.4 is 22.3 Å². The second-order valence-electron chi connectivity index (χ2n) is 4.82. The summed E-state index contributed by atoms with van der Waals surface area (Å²) in [5, 5.41) is 2.99. The molecule has 1 heterocycles. The van der Waals surface area contributed by atoms with E-state index in [1.807, 2.05) is 13.8 Å². The highest BCUT2D eigenvalue weighted by Crippen LogP contribution is 2.09. The molecule has 0 radical (unpaired) electrons. The lowest BCUT2D eigenvalue weighted by Crippen LogP contribution is -2.33. The third-order valence-corrected chi connectivity index (χ3v) is 2.88. The maximum absolute atomic E-state index is 11.7. The van der Waals surface area contributed by atoms with Crippen molar-refractivity contribution in [2.24, 2.45) is 0 Å². The third-order valence-electron chi connectivity index (χ3n) is 2.88. The molecule has 1 aromatic heterocycles. The van der Waals surface area contributed by atoms with Crippen LogP contribution in [0.25, 0.3) is 0 Å². The average Bonchev–Trinajstić information content (AvgIpc) is 2.36. The molecule has 114 valence electrons. The minimum Gasteiger partial charge on any atom is -0.383 e. The molecular formula is C13H24N4O3. The molecule has 0 fully saturated rings. The van der Waals surface area contributed by atoms with E-state index in [1.54, 1.807) is 6.92 Å². The summed E-state index contributed by atoms with van der Waals surface area (Å²) in [6.45, 7) is 7.50. The molecule has 7 nitrogen and oxygen atoms in total. The maximum Gasteiger partial charge on any atom is 0.330 e.